The van der Waals surface area contributed by atoms with Crippen LogP contribution in [0.2, 0.25) is 0 Å². The van der Waals surface area contributed by atoms with Crippen molar-refractivity contribution in [2.75, 3.05) is 18.5 Å². The lowest BCUT2D eigenvalue weighted by atomic mass is 10.1. The summed E-state index contributed by atoms with van der Waals surface area (Å²) in [4.78, 5) is 22.9. The second-order valence-electron chi connectivity index (χ2n) is 5.77. The van der Waals surface area contributed by atoms with Gasteiger partial charge >= 0.3 is 6.18 Å². The second-order valence-corrected chi connectivity index (χ2v) is 5.77. The number of nitro benzene ring substituents is 1. The molecule has 0 saturated carbocycles. The number of rotatable bonds is 8. The summed E-state index contributed by atoms with van der Waals surface area (Å²) >= 11 is 0. The Morgan fingerprint density at radius 1 is 1.21 bits per heavy atom. The van der Waals surface area contributed by atoms with Crippen LogP contribution in [0.1, 0.15) is 22.8 Å². The fraction of sp³-hybridized carbons (Fsp3) is 0.278. The molecule has 0 unspecified atom stereocenters. The van der Waals surface area contributed by atoms with E-state index in [1.54, 1.807) is 18.2 Å². The Morgan fingerprint density at radius 3 is 2.61 bits per heavy atom. The van der Waals surface area contributed by atoms with E-state index < -0.39 is 34.9 Å². The van der Waals surface area contributed by atoms with Gasteiger partial charge in [-0.25, -0.2) is 0 Å². The van der Waals surface area contributed by atoms with Gasteiger partial charge in [-0.15, -0.1) is 0 Å². The molecule has 0 heterocycles. The first-order chi connectivity index (χ1) is 13.2. The molecule has 28 heavy (non-hydrogen) atoms. The Bertz CT molecular complexity index is 856. The highest BCUT2D eigenvalue weighted by molar-refractivity contribution is 6.07. The minimum Gasteiger partial charge on any atom is -0.484 e. The molecule has 0 saturated heterocycles. The number of carbonyl (C=O) groups is 1. The maximum Gasteiger partial charge on any atom is 0.422 e. The van der Waals surface area contributed by atoms with Crippen LogP contribution in [0.5, 0.6) is 5.75 Å². The number of nitrogens with zero attached hydrogens (tertiary/aromatic N) is 1. The van der Waals surface area contributed by atoms with Crippen LogP contribution in [0.15, 0.2) is 42.5 Å². The van der Waals surface area contributed by atoms with Crippen molar-refractivity contribution in [1.82, 2.24) is 5.32 Å². The molecule has 2 aromatic rings. The number of carbonyl (C=O) groups excluding carboxylic acids is 1. The highest BCUT2D eigenvalue weighted by Gasteiger charge is 2.29. The summed E-state index contributed by atoms with van der Waals surface area (Å²) in [5.41, 5.74) is 0.343. The molecule has 0 spiro atoms. The molecule has 7 nitrogen and oxygen atoms in total. The van der Waals surface area contributed by atoms with Crippen LogP contribution < -0.4 is 15.4 Å². The number of nitro groups is 1. The highest BCUT2D eigenvalue weighted by atomic mass is 19.4. The van der Waals surface area contributed by atoms with E-state index in [1.165, 1.54) is 0 Å². The van der Waals surface area contributed by atoms with Crippen molar-refractivity contribution >= 4 is 17.3 Å². The number of nitrogens with one attached hydrogen (secondary N) is 2. The summed E-state index contributed by atoms with van der Waals surface area (Å²) in [6, 6.07) is 9.70. The molecule has 0 atom stereocenters. The lowest BCUT2D eigenvalue weighted by molar-refractivity contribution is -0.385. The third-order valence-electron chi connectivity index (χ3n) is 3.58. The van der Waals surface area contributed by atoms with Gasteiger partial charge < -0.3 is 15.4 Å². The van der Waals surface area contributed by atoms with E-state index in [4.69, 9.17) is 0 Å². The highest BCUT2D eigenvalue weighted by Crippen LogP contribution is 2.27. The van der Waals surface area contributed by atoms with E-state index in [2.05, 4.69) is 15.4 Å². The Morgan fingerprint density at radius 2 is 1.96 bits per heavy atom. The fourth-order valence-corrected chi connectivity index (χ4v) is 2.34. The lowest BCUT2D eigenvalue weighted by Gasteiger charge is -2.11. The summed E-state index contributed by atoms with van der Waals surface area (Å²) in [6.45, 7) is 1.70. The zero-order valence-electron chi connectivity index (χ0n) is 14.9. The van der Waals surface area contributed by atoms with Crippen molar-refractivity contribution in [3.05, 3.63) is 63.7 Å². The summed E-state index contributed by atoms with van der Waals surface area (Å²) < 4.78 is 41.5. The molecule has 150 valence electrons. The quantitative estimate of drug-likeness (QED) is 0.521. The topological polar surface area (TPSA) is 93.5 Å². The standard InChI is InChI=1S/C18H18F3N3O4/c1-2-22-10-12-4-3-5-13(8-12)23-17(25)15-9-14(28-11-18(19,20)21)6-7-16(15)24(26)27/h3-9,22H,2,10-11H2,1H3,(H,23,25). The molecule has 2 aromatic carbocycles. The molecule has 0 fully saturated rings. The van der Waals surface area contributed by atoms with Crippen LogP contribution in [-0.4, -0.2) is 30.2 Å². The molecule has 0 aliphatic heterocycles. The first kappa shape index (κ1) is 21.2. The van der Waals surface area contributed by atoms with Crippen LogP contribution in [0.3, 0.4) is 0 Å². The summed E-state index contributed by atoms with van der Waals surface area (Å²) in [5.74, 6) is -1.13. The van der Waals surface area contributed by atoms with E-state index in [9.17, 15) is 28.1 Å². The molecule has 10 heteroatoms. The van der Waals surface area contributed by atoms with Gasteiger partial charge in [0.15, 0.2) is 6.61 Å². The second kappa shape index (κ2) is 9.18. The number of anilines is 1. The SMILES string of the molecule is CCNCc1cccc(NC(=O)c2cc(OCC(F)(F)F)ccc2[N+](=O)[O-])c1. The Balaban J connectivity index is 2.23. The minimum absolute atomic E-state index is 0.297. The van der Waals surface area contributed by atoms with Crippen LogP contribution >= 0.6 is 0 Å². The number of benzene rings is 2. The smallest absolute Gasteiger partial charge is 0.422 e. The fourth-order valence-electron chi connectivity index (χ4n) is 2.34. The van der Waals surface area contributed by atoms with Crippen molar-refractivity contribution in [3.63, 3.8) is 0 Å². The average Bonchev–Trinajstić information content (AvgIpc) is 2.64. The van der Waals surface area contributed by atoms with Gasteiger partial charge in [0.2, 0.25) is 0 Å². The first-order valence-electron chi connectivity index (χ1n) is 8.28. The molecular formula is C18H18F3N3O4. The van der Waals surface area contributed by atoms with Gasteiger partial charge in [-0.3, -0.25) is 14.9 Å². The minimum atomic E-state index is -4.57. The van der Waals surface area contributed by atoms with Crippen molar-refractivity contribution in [1.29, 1.82) is 0 Å². The molecule has 0 radical (unpaired) electrons. The number of alkyl halides is 3. The molecule has 1 amide bonds. The maximum absolute atomic E-state index is 12.5. The van der Waals surface area contributed by atoms with Gasteiger partial charge in [-0.2, -0.15) is 13.2 Å². The predicted molar refractivity (Wildman–Crippen MR) is 96.4 cm³/mol. The number of hydrogen-bond acceptors (Lipinski definition) is 5. The maximum atomic E-state index is 12.5. The van der Waals surface area contributed by atoms with E-state index in [-0.39, 0.29) is 5.75 Å². The van der Waals surface area contributed by atoms with Crippen molar-refractivity contribution in [3.8, 4) is 5.75 Å². The van der Waals surface area contributed by atoms with Gasteiger partial charge in [0, 0.05) is 18.3 Å². The van der Waals surface area contributed by atoms with E-state index >= 15 is 0 Å². The molecule has 0 bridgehead atoms. The van der Waals surface area contributed by atoms with Crippen molar-refractivity contribution in [2.24, 2.45) is 0 Å². The van der Waals surface area contributed by atoms with Crippen molar-refractivity contribution < 1.29 is 27.6 Å². The molecule has 0 aromatic heterocycles. The van der Waals surface area contributed by atoms with Gasteiger partial charge in [0.05, 0.1) is 4.92 Å². The average molecular weight is 397 g/mol. The zero-order valence-corrected chi connectivity index (χ0v) is 14.9. The van der Waals surface area contributed by atoms with Crippen molar-refractivity contribution in [2.45, 2.75) is 19.6 Å². The molecule has 0 aliphatic carbocycles. The zero-order chi connectivity index (χ0) is 20.7. The van der Waals surface area contributed by atoms with Gasteiger partial charge in [-0.1, -0.05) is 19.1 Å². The largest absolute Gasteiger partial charge is 0.484 e. The number of amides is 1. The van der Waals surface area contributed by atoms with Gasteiger partial charge in [-0.05, 0) is 36.4 Å². The van der Waals surface area contributed by atoms with E-state index in [1.807, 2.05) is 13.0 Å². The van der Waals surface area contributed by atoms with Crippen LogP contribution in [0.4, 0.5) is 24.5 Å². The summed E-state index contributed by atoms with van der Waals surface area (Å²) in [5, 5.41) is 16.8. The molecule has 2 rings (SSSR count). The third-order valence-corrected chi connectivity index (χ3v) is 3.58. The third kappa shape index (κ3) is 6.23. The monoisotopic (exact) mass is 397 g/mol. The normalized spacial score (nSPS) is 11.1. The first-order valence-corrected chi connectivity index (χ1v) is 8.28. The Hall–Kier alpha value is -3.14. The van der Waals surface area contributed by atoms with Crippen LogP contribution in [0.25, 0.3) is 0 Å². The number of halogens is 3. The molecular weight excluding hydrogens is 379 g/mol. The van der Waals surface area contributed by atoms with Crippen LogP contribution in [0, 0.1) is 10.1 Å². The predicted octanol–water partition coefficient (Wildman–Crippen LogP) is 3.90. The summed E-state index contributed by atoms with van der Waals surface area (Å²) in [7, 11) is 0. The lowest BCUT2D eigenvalue weighted by Crippen LogP contribution is -2.20. The number of ether oxygens (including phenoxy) is 1. The summed E-state index contributed by atoms with van der Waals surface area (Å²) in [6.07, 6.45) is -4.57. The van der Waals surface area contributed by atoms with E-state index in [0.717, 1.165) is 30.3 Å². The van der Waals surface area contributed by atoms with Crippen LogP contribution in [-0.2, 0) is 6.54 Å². The van der Waals surface area contributed by atoms with E-state index in [0.29, 0.717) is 12.2 Å². The van der Waals surface area contributed by atoms with Gasteiger partial charge in [0.25, 0.3) is 11.6 Å². The Labute approximate surface area is 158 Å². The molecule has 0 aliphatic rings. The van der Waals surface area contributed by atoms with Gasteiger partial charge in [0.1, 0.15) is 11.3 Å². The molecule has 2 N–H and O–H groups in total. The Kier molecular flexibility index (Phi) is 6.94. The number of hydrogen-bond donors (Lipinski definition) is 2.